The van der Waals surface area contributed by atoms with Gasteiger partial charge in [-0.1, -0.05) is 6.07 Å². The van der Waals surface area contributed by atoms with Gasteiger partial charge in [0.2, 0.25) is 10.0 Å². The van der Waals surface area contributed by atoms with Crippen LogP contribution in [0.4, 0.5) is 5.69 Å². The summed E-state index contributed by atoms with van der Waals surface area (Å²) < 4.78 is 32.9. The van der Waals surface area contributed by atoms with Gasteiger partial charge >= 0.3 is 0 Å². The van der Waals surface area contributed by atoms with Crippen molar-refractivity contribution >= 4 is 27.5 Å². The van der Waals surface area contributed by atoms with Crippen molar-refractivity contribution in [2.45, 2.75) is 37.9 Å². The number of nitrogens with zero attached hydrogens (tertiary/aromatic N) is 1. The van der Waals surface area contributed by atoms with Crippen molar-refractivity contribution in [3.8, 4) is 0 Å². The largest absolute Gasteiger partial charge is 0.373 e. The van der Waals surface area contributed by atoms with E-state index in [1.165, 1.54) is 28.6 Å². The smallest absolute Gasteiger partial charge is 0.255 e. The zero-order valence-electron chi connectivity index (χ0n) is 17.8. The molecule has 0 radical (unpaired) electrons. The number of anilines is 1. The predicted octanol–water partition coefficient (Wildman–Crippen LogP) is 2.49. The van der Waals surface area contributed by atoms with E-state index < -0.39 is 15.9 Å². The maximum Gasteiger partial charge on any atom is 0.255 e. The van der Waals surface area contributed by atoms with Gasteiger partial charge in [-0.05, 0) is 63.2 Å². The predicted molar refractivity (Wildman–Crippen MR) is 118 cm³/mol. The van der Waals surface area contributed by atoms with E-state index in [1.807, 2.05) is 20.8 Å². The quantitative estimate of drug-likeness (QED) is 0.711. The lowest BCUT2D eigenvalue weighted by Crippen LogP contribution is -2.48. The second-order valence-electron chi connectivity index (χ2n) is 7.50. The molecule has 3 rings (SSSR count). The van der Waals surface area contributed by atoms with Gasteiger partial charge in [0.25, 0.3) is 11.8 Å². The number of rotatable bonds is 6. The van der Waals surface area contributed by atoms with Gasteiger partial charge in [-0.2, -0.15) is 4.31 Å². The molecular formula is C22H27N3O5S. The standard InChI is InChI=1S/C22H27N3O5S/c1-4-23-21(26)18-6-5-7-19(12-18)24-22(27)17-8-10-20(11-9-17)31(28,29)25-13-15(2)30-16(3)14-25/h5-12,15-16H,4,13-14H2,1-3H3,(H,23,26)(H,24,27)/t15-,16-/m1/s1. The molecular weight excluding hydrogens is 418 g/mol. The number of carbonyl (C=O) groups excluding carboxylic acids is 2. The number of sulfonamides is 1. The Balaban J connectivity index is 1.72. The summed E-state index contributed by atoms with van der Waals surface area (Å²) >= 11 is 0. The van der Waals surface area contributed by atoms with Crippen LogP contribution in [0.5, 0.6) is 0 Å². The summed E-state index contributed by atoms with van der Waals surface area (Å²) in [6, 6.07) is 12.4. The SMILES string of the molecule is CCNC(=O)c1cccc(NC(=O)c2ccc(S(=O)(=O)N3C[C@@H](C)O[C@H](C)C3)cc2)c1. The highest BCUT2D eigenvalue weighted by molar-refractivity contribution is 7.89. The van der Waals surface area contributed by atoms with E-state index in [4.69, 9.17) is 4.74 Å². The molecule has 1 aliphatic rings. The van der Waals surface area contributed by atoms with Crippen molar-refractivity contribution in [1.82, 2.24) is 9.62 Å². The lowest BCUT2D eigenvalue weighted by Gasteiger charge is -2.34. The van der Waals surface area contributed by atoms with E-state index >= 15 is 0 Å². The van der Waals surface area contributed by atoms with Crippen LogP contribution in [-0.2, 0) is 14.8 Å². The Labute approximate surface area is 182 Å². The maximum atomic E-state index is 12.9. The number of nitrogens with one attached hydrogen (secondary N) is 2. The highest BCUT2D eigenvalue weighted by atomic mass is 32.2. The topological polar surface area (TPSA) is 105 Å². The summed E-state index contributed by atoms with van der Waals surface area (Å²) in [6.07, 6.45) is -0.363. The van der Waals surface area contributed by atoms with Gasteiger partial charge in [0.1, 0.15) is 0 Å². The van der Waals surface area contributed by atoms with Gasteiger partial charge in [-0.15, -0.1) is 0 Å². The Bertz CT molecular complexity index is 1040. The van der Waals surface area contributed by atoms with Crippen LogP contribution in [0.15, 0.2) is 53.4 Å². The van der Waals surface area contributed by atoms with Gasteiger partial charge in [0.05, 0.1) is 17.1 Å². The normalized spacial score (nSPS) is 19.6. The number of carbonyl (C=O) groups is 2. The molecule has 0 aliphatic carbocycles. The van der Waals surface area contributed by atoms with E-state index in [2.05, 4.69) is 10.6 Å². The van der Waals surface area contributed by atoms with Crippen LogP contribution in [0.1, 0.15) is 41.5 Å². The zero-order valence-corrected chi connectivity index (χ0v) is 18.6. The van der Waals surface area contributed by atoms with Crippen molar-refractivity contribution in [1.29, 1.82) is 0 Å². The molecule has 2 atom stereocenters. The number of hydrogen-bond donors (Lipinski definition) is 2. The molecule has 1 saturated heterocycles. The molecule has 1 aliphatic heterocycles. The van der Waals surface area contributed by atoms with Gasteiger partial charge in [-0.3, -0.25) is 9.59 Å². The average Bonchev–Trinajstić information content (AvgIpc) is 2.73. The Kier molecular flexibility index (Phi) is 7.09. The molecule has 0 spiro atoms. The maximum absolute atomic E-state index is 12.9. The van der Waals surface area contributed by atoms with Crippen LogP contribution >= 0.6 is 0 Å². The number of morpholine rings is 1. The lowest BCUT2D eigenvalue weighted by atomic mass is 10.1. The Morgan fingerprint density at radius 2 is 1.65 bits per heavy atom. The molecule has 1 fully saturated rings. The summed E-state index contributed by atoms with van der Waals surface area (Å²) in [5, 5.41) is 5.44. The summed E-state index contributed by atoms with van der Waals surface area (Å²) in [6.45, 7) is 6.59. The fourth-order valence-corrected chi connectivity index (χ4v) is 5.05. The molecule has 0 saturated carbocycles. The molecule has 2 N–H and O–H groups in total. The van der Waals surface area contributed by atoms with Crippen molar-refractivity contribution in [2.24, 2.45) is 0 Å². The first-order valence-corrected chi connectivity index (χ1v) is 11.6. The number of amides is 2. The Morgan fingerprint density at radius 1 is 1.00 bits per heavy atom. The summed E-state index contributed by atoms with van der Waals surface area (Å²) in [4.78, 5) is 24.7. The van der Waals surface area contributed by atoms with Gasteiger partial charge in [0, 0.05) is 36.4 Å². The minimum absolute atomic E-state index is 0.128. The van der Waals surface area contributed by atoms with Crippen LogP contribution in [0.25, 0.3) is 0 Å². The third-order valence-electron chi connectivity index (χ3n) is 4.86. The number of benzene rings is 2. The fourth-order valence-electron chi connectivity index (χ4n) is 3.46. The second kappa shape index (κ2) is 9.59. The zero-order chi connectivity index (χ0) is 22.6. The molecule has 31 heavy (non-hydrogen) atoms. The van der Waals surface area contributed by atoms with Crippen LogP contribution < -0.4 is 10.6 Å². The summed E-state index contributed by atoms with van der Waals surface area (Å²) in [7, 11) is -3.67. The van der Waals surface area contributed by atoms with Crippen molar-refractivity contribution in [3.63, 3.8) is 0 Å². The minimum atomic E-state index is -3.67. The molecule has 2 amide bonds. The van der Waals surface area contributed by atoms with Crippen LogP contribution in [-0.4, -0.2) is 56.4 Å². The van der Waals surface area contributed by atoms with E-state index in [-0.39, 0.29) is 36.1 Å². The van der Waals surface area contributed by atoms with Crippen molar-refractivity contribution in [3.05, 3.63) is 59.7 Å². The van der Waals surface area contributed by atoms with E-state index in [9.17, 15) is 18.0 Å². The van der Waals surface area contributed by atoms with E-state index in [0.717, 1.165) is 0 Å². The molecule has 2 aromatic carbocycles. The molecule has 0 bridgehead atoms. The highest BCUT2D eigenvalue weighted by Crippen LogP contribution is 2.22. The lowest BCUT2D eigenvalue weighted by molar-refractivity contribution is -0.0440. The molecule has 8 nitrogen and oxygen atoms in total. The number of hydrogen-bond acceptors (Lipinski definition) is 5. The number of ether oxygens (including phenoxy) is 1. The first-order chi connectivity index (χ1) is 14.7. The van der Waals surface area contributed by atoms with Crippen LogP contribution in [0, 0.1) is 0 Å². The molecule has 166 valence electrons. The third-order valence-corrected chi connectivity index (χ3v) is 6.71. The van der Waals surface area contributed by atoms with Crippen LogP contribution in [0.2, 0.25) is 0 Å². The van der Waals surface area contributed by atoms with Gasteiger partial charge < -0.3 is 15.4 Å². The van der Waals surface area contributed by atoms with Gasteiger partial charge in [-0.25, -0.2) is 8.42 Å². The van der Waals surface area contributed by atoms with E-state index in [1.54, 1.807) is 24.3 Å². The first kappa shape index (κ1) is 22.9. The first-order valence-electron chi connectivity index (χ1n) is 10.2. The van der Waals surface area contributed by atoms with Crippen molar-refractivity contribution in [2.75, 3.05) is 25.0 Å². The minimum Gasteiger partial charge on any atom is -0.373 e. The third kappa shape index (κ3) is 5.49. The highest BCUT2D eigenvalue weighted by Gasteiger charge is 2.32. The second-order valence-corrected chi connectivity index (χ2v) is 9.44. The van der Waals surface area contributed by atoms with Crippen LogP contribution in [0.3, 0.4) is 0 Å². The van der Waals surface area contributed by atoms with E-state index in [0.29, 0.717) is 23.4 Å². The van der Waals surface area contributed by atoms with Gasteiger partial charge in [0.15, 0.2) is 0 Å². The average molecular weight is 446 g/mol. The molecule has 1 heterocycles. The molecule has 9 heteroatoms. The molecule has 0 aromatic heterocycles. The Morgan fingerprint density at radius 3 is 2.26 bits per heavy atom. The summed E-state index contributed by atoms with van der Waals surface area (Å²) in [5.41, 5.74) is 1.22. The summed E-state index contributed by atoms with van der Waals surface area (Å²) in [5.74, 6) is -0.620. The van der Waals surface area contributed by atoms with Crippen molar-refractivity contribution < 1.29 is 22.7 Å². The fraction of sp³-hybridized carbons (Fsp3) is 0.364. The Hall–Kier alpha value is -2.75. The monoisotopic (exact) mass is 445 g/mol. The molecule has 2 aromatic rings. The molecule has 0 unspecified atom stereocenters.